The molecule has 3 N–H and O–H groups in total. The van der Waals surface area contributed by atoms with Gasteiger partial charge >= 0.3 is 0 Å². The van der Waals surface area contributed by atoms with Gasteiger partial charge in [0.25, 0.3) is 0 Å². The Balaban J connectivity index is 1.45. The number of halogens is 3. The van der Waals surface area contributed by atoms with Crippen molar-refractivity contribution in [1.29, 1.82) is 0 Å². The van der Waals surface area contributed by atoms with Crippen LogP contribution in [0.2, 0.25) is 0 Å². The minimum atomic E-state index is -0.685. The zero-order chi connectivity index (χ0) is 21.9. The van der Waals surface area contributed by atoms with Crippen LogP contribution >= 0.6 is 0 Å². The first-order chi connectivity index (χ1) is 14.7. The molecule has 1 amide bonds. The first-order valence-electron chi connectivity index (χ1n) is 10.5. The standard InChI is InChI=1S/C24H23F3N2O2/c1-24(10-17(30)11-24)29-23(31)14-6-13(7-14)20-18-8-16(26)9-19(27)22(18)28-21(20)12-2-4-15(25)5-3-12/h2-5,8-9,13-14,17,28,30H,6-7,10-11H2,1H3,(H,29,31). The van der Waals surface area contributed by atoms with Gasteiger partial charge in [0.1, 0.15) is 17.5 Å². The molecule has 0 atom stereocenters. The second-order valence-corrected chi connectivity index (χ2v) is 9.21. The van der Waals surface area contributed by atoms with Gasteiger partial charge in [0.05, 0.1) is 17.3 Å². The third kappa shape index (κ3) is 3.51. The number of nitrogens with one attached hydrogen (secondary N) is 2. The van der Waals surface area contributed by atoms with Gasteiger partial charge in [-0.3, -0.25) is 4.79 Å². The van der Waals surface area contributed by atoms with Gasteiger partial charge in [-0.1, -0.05) is 0 Å². The Morgan fingerprint density at radius 3 is 2.42 bits per heavy atom. The predicted octanol–water partition coefficient (Wildman–Crippen LogP) is 4.78. The molecule has 2 aromatic carbocycles. The molecule has 0 spiro atoms. The molecule has 4 nitrogen and oxygen atoms in total. The van der Waals surface area contributed by atoms with E-state index in [9.17, 15) is 23.1 Å². The highest BCUT2D eigenvalue weighted by Crippen LogP contribution is 2.48. The summed E-state index contributed by atoms with van der Waals surface area (Å²) in [6.07, 6.45) is 1.84. The van der Waals surface area contributed by atoms with Crippen molar-refractivity contribution in [3.8, 4) is 11.3 Å². The summed E-state index contributed by atoms with van der Waals surface area (Å²) in [4.78, 5) is 15.7. The van der Waals surface area contributed by atoms with Crippen molar-refractivity contribution >= 4 is 16.8 Å². The molecule has 3 aromatic rings. The van der Waals surface area contributed by atoms with Gasteiger partial charge in [0.15, 0.2) is 0 Å². The average Bonchev–Trinajstić information content (AvgIpc) is 2.99. The zero-order valence-corrected chi connectivity index (χ0v) is 17.0. The third-order valence-electron chi connectivity index (χ3n) is 6.71. The number of rotatable bonds is 4. The summed E-state index contributed by atoms with van der Waals surface area (Å²) >= 11 is 0. The van der Waals surface area contributed by atoms with E-state index in [-0.39, 0.29) is 40.7 Å². The Bertz CT molecular complexity index is 1160. The Hall–Kier alpha value is -2.80. The van der Waals surface area contributed by atoms with Crippen LogP contribution in [0.1, 0.15) is 44.1 Å². The van der Waals surface area contributed by atoms with Crippen LogP contribution in [0.5, 0.6) is 0 Å². The second kappa shape index (κ2) is 7.12. The van der Waals surface area contributed by atoms with Crippen LogP contribution in [0, 0.1) is 23.4 Å². The number of fused-ring (bicyclic) bond motifs is 1. The van der Waals surface area contributed by atoms with Crippen molar-refractivity contribution in [2.75, 3.05) is 0 Å². The Morgan fingerprint density at radius 1 is 1.10 bits per heavy atom. The summed E-state index contributed by atoms with van der Waals surface area (Å²) in [6.45, 7) is 1.92. The fourth-order valence-electron chi connectivity index (χ4n) is 5.06. The van der Waals surface area contributed by atoms with Crippen molar-refractivity contribution in [3.63, 3.8) is 0 Å². The summed E-state index contributed by atoms with van der Waals surface area (Å²) in [5.41, 5.74) is 1.90. The molecule has 1 heterocycles. The topological polar surface area (TPSA) is 65.1 Å². The minimum Gasteiger partial charge on any atom is -0.393 e. The summed E-state index contributed by atoms with van der Waals surface area (Å²) < 4.78 is 41.9. The highest BCUT2D eigenvalue weighted by Gasteiger charge is 2.44. The normalized spacial score (nSPS) is 27.6. The maximum Gasteiger partial charge on any atom is 0.223 e. The number of benzene rings is 2. The smallest absolute Gasteiger partial charge is 0.223 e. The number of carbonyl (C=O) groups is 1. The molecule has 31 heavy (non-hydrogen) atoms. The van der Waals surface area contributed by atoms with Crippen LogP contribution in [0.15, 0.2) is 36.4 Å². The van der Waals surface area contributed by atoms with E-state index in [1.54, 1.807) is 12.1 Å². The molecule has 1 aromatic heterocycles. The van der Waals surface area contributed by atoms with Crippen LogP contribution < -0.4 is 5.32 Å². The lowest BCUT2D eigenvalue weighted by atomic mass is 9.68. The molecule has 0 radical (unpaired) electrons. The van der Waals surface area contributed by atoms with E-state index >= 15 is 0 Å². The van der Waals surface area contributed by atoms with E-state index in [0.717, 1.165) is 11.6 Å². The molecule has 2 aliphatic rings. The first kappa shape index (κ1) is 20.1. The Kier molecular flexibility index (Phi) is 4.62. The van der Waals surface area contributed by atoms with Crippen molar-refractivity contribution in [3.05, 3.63) is 59.4 Å². The zero-order valence-electron chi connectivity index (χ0n) is 17.0. The molecule has 0 bridgehead atoms. The van der Waals surface area contributed by atoms with Crippen LogP contribution in [0.4, 0.5) is 13.2 Å². The highest BCUT2D eigenvalue weighted by atomic mass is 19.1. The number of carbonyl (C=O) groups excluding carboxylic acids is 1. The molecule has 2 aliphatic carbocycles. The van der Waals surface area contributed by atoms with E-state index in [4.69, 9.17) is 0 Å². The van der Waals surface area contributed by atoms with Crippen LogP contribution in [-0.2, 0) is 4.79 Å². The van der Waals surface area contributed by atoms with Gasteiger partial charge in [-0.25, -0.2) is 13.2 Å². The average molecular weight is 428 g/mol. The number of aliphatic hydroxyl groups excluding tert-OH is 1. The van der Waals surface area contributed by atoms with Gasteiger partial charge < -0.3 is 15.4 Å². The summed E-state index contributed by atoms with van der Waals surface area (Å²) in [5.74, 6) is -2.02. The van der Waals surface area contributed by atoms with Gasteiger partial charge in [0, 0.05) is 22.9 Å². The van der Waals surface area contributed by atoms with Gasteiger partial charge in [-0.05, 0) is 80.0 Å². The van der Waals surface area contributed by atoms with Crippen LogP contribution in [0.25, 0.3) is 22.2 Å². The van der Waals surface area contributed by atoms with Crippen molar-refractivity contribution in [2.45, 2.75) is 50.2 Å². The van der Waals surface area contributed by atoms with Gasteiger partial charge in [-0.2, -0.15) is 0 Å². The number of aliphatic hydroxyl groups is 1. The van der Waals surface area contributed by atoms with Crippen molar-refractivity contribution in [2.24, 2.45) is 5.92 Å². The van der Waals surface area contributed by atoms with E-state index in [1.165, 1.54) is 18.2 Å². The lowest BCUT2D eigenvalue weighted by Crippen LogP contribution is -2.59. The number of aromatic amines is 1. The second-order valence-electron chi connectivity index (χ2n) is 9.21. The highest BCUT2D eigenvalue weighted by molar-refractivity contribution is 5.92. The lowest BCUT2D eigenvalue weighted by Gasteiger charge is -2.45. The number of aromatic nitrogens is 1. The maximum atomic E-state index is 14.5. The largest absolute Gasteiger partial charge is 0.393 e. The van der Waals surface area contributed by atoms with E-state index in [0.29, 0.717) is 42.3 Å². The third-order valence-corrected chi connectivity index (χ3v) is 6.71. The summed E-state index contributed by atoms with van der Waals surface area (Å²) in [7, 11) is 0. The number of hydrogen-bond donors (Lipinski definition) is 3. The summed E-state index contributed by atoms with van der Waals surface area (Å²) in [6, 6.07) is 7.99. The maximum absolute atomic E-state index is 14.5. The van der Waals surface area contributed by atoms with Gasteiger partial charge in [-0.15, -0.1) is 0 Å². The first-order valence-corrected chi connectivity index (χ1v) is 10.5. The monoisotopic (exact) mass is 428 g/mol. The van der Waals surface area contributed by atoms with Crippen LogP contribution in [-0.4, -0.2) is 27.6 Å². The molecule has 0 aliphatic heterocycles. The number of amides is 1. The molecule has 0 unspecified atom stereocenters. The fourth-order valence-corrected chi connectivity index (χ4v) is 5.06. The number of hydrogen-bond acceptors (Lipinski definition) is 2. The predicted molar refractivity (Wildman–Crippen MR) is 111 cm³/mol. The quantitative estimate of drug-likeness (QED) is 0.560. The molecule has 0 saturated heterocycles. The van der Waals surface area contributed by atoms with Crippen LogP contribution in [0.3, 0.4) is 0 Å². The summed E-state index contributed by atoms with van der Waals surface area (Å²) in [5, 5.41) is 13.0. The molecular weight excluding hydrogens is 405 g/mol. The molecule has 7 heteroatoms. The van der Waals surface area contributed by atoms with E-state index in [1.807, 2.05) is 6.92 Å². The molecule has 2 fully saturated rings. The van der Waals surface area contributed by atoms with Gasteiger partial charge in [0.2, 0.25) is 5.91 Å². The molecule has 5 rings (SSSR count). The van der Waals surface area contributed by atoms with E-state index < -0.39 is 11.6 Å². The van der Waals surface area contributed by atoms with E-state index in [2.05, 4.69) is 10.3 Å². The minimum absolute atomic E-state index is 0.0498. The van der Waals surface area contributed by atoms with Crippen molar-refractivity contribution < 1.29 is 23.1 Å². The molecule has 162 valence electrons. The Morgan fingerprint density at radius 2 is 1.77 bits per heavy atom. The number of H-pyrrole nitrogens is 1. The fraction of sp³-hybridized carbons (Fsp3) is 0.375. The SMILES string of the molecule is CC1(NC(=O)C2CC(c3c(-c4ccc(F)cc4)[nH]c4c(F)cc(F)cc34)C2)CC(O)C1. The molecular formula is C24H23F3N2O2. The lowest BCUT2D eigenvalue weighted by molar-refractivity contribution is -0.132. The molecule has 2 saturated carbocycles. The van der Waals surface area contributed by atoms with Crippen molar-refractivity contribution in [1.82, 2.24) is 10.3 Å². The Labute approximate surface area is 177 Å².